The number of rotatable bonds is 5. The van der Waals surface area contributed by atoms with E-state index in [0.717, 1.165) is 31.2 Å². The Labute approximate surface area is 214 Å². The van der Waals surface area contributed by atoms with Crippen LogP contribution in [0, 0.1) is 0 Å². The molecular formula is C29H28N4O4. The molecule has 1 atom stereocenters. The predicted molar refractivity (Wildman–Crippen MR) is 139 cm³/mol. The van der Waals surface area contributed by atoms with Gasteiger partial charge in [-0.15, -0.1) is 0 Å². The summed E-state index contributed by atoms with van der Waals surface area (Å²) in [6.07, 6.45) is 4.49. The number of nitrogens with zero attached hydrogens (tertiary/aromatic N) is 2. The average molecular weight is 497 g/mol. The number of benzene rings is 3. The van der Waals surface area contributed by atoms with E-state index in [4.69, 9.17) is 4.74 Å². The average Bonchev–Trinajstić information content (AvgIpc) is 3.42. The van der Waals surface area contributed by atoms with Crippen molar-refractivity contribution in [1.82, 2.24) is 14.9 Å². The summed E-state index contributed by atoms with van der Waals surface area (Å²) in [5.74, 6) is 0.0310. The van der Waals surface area contributed by atoms with Crippen LogP contribution in [0.3, 0.4) is 0 Å². The van der Waals surface area contributed by atoms with Crippen molar-refractivity contribution >= 4 is 29.0 Å². The fraction of sp³-hybridized carbons (Fsp3) is 0.276. The van der Waals surface area contributed by atoms with Gasteiger partial charge < -0.3 is 14.8 Å². The molecule has 2 heterocycles. The van der Waals surface area contributed by atoms with Gasteiger partial charge in [-0.1, -0.05) is 61.0 Å². The third kappa shape index (κ3) is 4.23. The molecule has 6 rings (SSSR count). The van der Waals surface area contributed by atoms with Gasteiger partial charge in [0.15, 0.2) is 5.72 Å². The van der Waals surface area contributed by atoms with Gasteiger partial charge in [0.1, 0.15) is 6.10 Å². The van der Waals surface area contributed by atoms with E-state index in [-0.39, 0.29) is 24.5 Å². The first-order chi connectivity index (χ1) is 18.0. The Morgan fingerprint density at radius 2 is 1.81 bits per heavy atom. The molecule has 8 heteroatoms. The number of nitrogens with one attached hydrogen (secondary N) is 2. The number of hydrogen-bond donors (Lipinski definition) is 3. The lowest BCUT2D eigenvalue weighted by Gasteiger charge is -2.35. The molecule has 0 radical (unpaired) electrons. The highest BCUT2D eigenvalue weighted by Crippen LogP contribution is 2.43. The quantitative estimate of drug-likeness (QED) is 0.348. The Kier molecular flexibility index (Phi) is 5.88. The Bertz CT molecular complexity index is 1460. The molecule has 188 valence electrons. The number of aromatic amines is 1. The fourth-order valence-electron chi connectivity index (χ4n) is 5.42. The van der Waals surface area contributed by atoms with Crippen LogP contribution in [-0.4, -0.2) is 38.1 Å². The van der Waals surface area contributed by atoms with E-state index < -0.39 is 11.8 Å². The smallest absolute Gasteiger partial charge is 0.414 e. The van der Waals surface area contributed by atoms with E-state index in [0.29, 0.717) is 27.7 Å². The van der Waals surface area contributed by atoms with E-state index in [2.05, 4.69) is 15.3 Å². The number of H-pyrrole nitrogens is 1. The summed E-state index contributed by atoms with van der Waals surface area (Å²) in [7, 11) is 0. The van der Waals surface area contributed by atoms with Crippen molar-refractivity contribution < 1.29 is 19.4 Å². The molecule has 1 unspecified atom stereocenters. The van der Waals surface area contributed by atoms with Gasteiger partial charge in [-0.2, -0.15) is 0 Å². The van der Waals surface area contributed by atoms with Crippen LogP contribution in [0.4, 0.5) is 10.7 Å². The molecule has 2 amide bonds. The second kappa shape index (κ2) is 9.37. The van der Waals surface area contributed by atoms with Crippen molar-refractivity contribution in [1.29, 1.82) is 0 Å². The Morgan fingerprint density at radius 3 is 2.62 bits per heavy atom. The number of anilines is 1. The SMILES string of the molecule is O=C(Nc1nc2ccc(C3(O)c4ccccc4C(=O)N3Cc3ccccc3)cc2[nH]1)OC1CCCCC1. The molecular weight excluding hydrogens is 468 g/mol. The highest BCUT2D eigenvalue weighted by molar-refractivity contribution is 6.00. The first kappa shape index (κ1) is 23.2. The highest BCUT2D eigenvalue weighted by atomic mass is 16.6. The number of ether oxygens (including phenoxy) is 1. The summed E-state index contributed by atoms with van der Waals surface area (Å²) in [5, 5.41) is 14.9. The Hall–Kier alpha value is -4.17. The fourth-order valence-corrected chi connectivity index (χ4v) is 5.42. The largest absolute Gasteiger partial charge is 0.446 e. The van der Waals surface area contributed by atoms with Gasteiger partial charge in [0.25, 0.3) is 5.91 Å². The van der Waals surface area contributed by atoms with E-state index in [1.807, 2.05) is 36.4 Å². The van der Waals surface area contributed by atoms with Crippen molar-refractivity contribution in [2.45, 2.75) is 50.5 Å². The topological polar surface area (TPSA) is 108 Å². The maximum absolute atomic E-state index is 13.4. The van der Waals surface area contributed by atoms with Crippen LogP contribution >= 0.6 is 0 Å². The summed E-state index contributed by atoms with van der Waals surface area (Å²) in [6.45, 7) is 0.242. The zero-order chi connectivity index (χ0) is 25.4. The summed E-state index contributed by atoms with van der Waals surface area (Å²) in [6, 6.07) is 22.0. The first-order valence-corrected chi connectivity index (χ1v) is 12.7. The summed E-state index contributed by atoms with van der Waals surface area (Å²) < 4.78 is 5.54. The molecule has 1 saturated carbocycles. The van der Waals surface area contributed by atoms with Gasteiger partial charge in [-0.3, -0.25) is 15.0 Å². The van der Waals surface area contributed by atoms with Gasteiger partial charge in [0.2, 0.25) is 5.95 Å². The van der Waals surface area contributed by atoms with Crippen LogP contribution < -0.4 is 5.32 Å². The monoisotopic (exact) mass is 496 g/mol. The zero-order valence-electron chi connectivity index (χ0n) is 20.3. The standard InChI is InChI=1S/C29H28N4O4/c34-26-22-13-7-8-14-23(22)29(36,33(26)18-19-9-3-1-4-10-19)20-15-16-24-25(17-20)31-27(30-24)32-28(35)37-21-11-5-2-6-12-21/h1,3-4,7-10,13-17,21,36H,2,5-6,11-12,18H2,(H2,30,31,32,35). The number of carbonyl (C=O) groups excluding carboxylic acids is 2. The van der Waals surface area contributed by atoms with Crippen LogP contribution in [0.25, 0.3) is 11.0 Å². The second-order valence-corrected chi connectivity index (χ2v) is 9.70. The number of aliphatic hydroxyl groups is 1. The number of imidazole rings is 1. The van der Waals surface area contributed by atoms with Gasteiger partial charge in [0, 0.05) is 23.2 Å². The lowest BCUT2D eigenvalue weighted by molar-refractivity contribution is -0.0542. The van der Waals surface area contributed by atoms with Crippen molar-refractivity contribution in [3.63, 3.8) is 0 Å². The van der Waals surface area contributed by atoms with Gasteiger partial charge >= 0.3 is 6.09 Å². The molecule has 37 heavy (non-hydrogen) atoms. The molecule has 0 bridgehead atoms. The molecule has 1 fully saturated rings. The molecule has 2 aliphatic rings. The van der Waals surface area contributed by atoms with E-state index >= 15 is 0 Å². The van der Waals surface area contributed by atoms with E-state index in [1.54, 1.807) is 36.4 Å². The van der Waals surface area contributed by atoms with E-state index in [9.17, 15) is 14.7 Å². The van der Waals surface area contributed by atoms with Crippen molar-refractivity contribution in [2.24, 2.45) is 0 Å². The number of hydrogen-bond acceptors (Lipinski definition) is 5. The minimum absolute atomic E-state index is 0.0606. The molecule has 1 aliphatic carbocycles. The normalized spacial score (nSPS) is 19.7. The summed E-state index contributed by atoms with van der Waals surface area (Å²) >= 11 is 0. The number of aromatic nitrogens is 2. The molecule has 0 spiro atoms. The lowest BCUT2D eigenvalue weighted by atomic mass is 9.93. The van der Waals surface area contributed by atoms with Crippen LogP contribution in [0.1, 0.15) is 59.2 Å². The molecule has 3 aromatic carbocycles. The van der Waals surface area contributed by atoms with Gasteiger partial charge in [0.05, 0.1) is 11.0 Å². The minimum Gasteiger partial charge on any atom is -0.446 e. The van der Waals surface area contributed by atoms with E-state index in [1.165, 1.54) is 11.3 Å². The highest BCUT2D eigenvalue weighted by Gasteiger charge is 2.49. The Morgan fingerprint density at radius 1 is 1.05 bits per heavy atom. The Balaban J connectivity index is 1.31. The third-order valence-corrected chi connectivity index (χ3v) is 7.28. The van der Waals surface area contributed by atoms with Crippen LogP contribution in [-0.2, 0) is 17.0 Å². The molecule has 4 aromatic rings. The molecule has 1 aliphatic heterocycles. The van der Waals surface area contributed by atoms with Gasteiger partial charge in [-0.05, 0) is 49.4 Å². The second-order valence-electron chi connectivity index (χ2n) is 9.70. The van der Waals surface area contributed by atoms with Crippen LogP contribution in [0.5, 0.6) is 0 Å². The predicted octanol–water partition coefficient (Wildman–Crippen LogP) is 5.29. The molecule has 1 aromatic heterocycles. The maximum Gasteiger partial charge on any atom is 0.414 e. The van der Waals surface area contributed by atoms with Crippen molar-refractivity contribution in [2.75, 3.05) is 5.32 Å². The zero-order valence-corrected chi connectivity index (χ0v) is 20.3. The van der Waals surface area contributed by atoms with Gasteiger partial charge in [-0.25, -0.2) is 9.78 Å². The number of amides is 2. The van der Waals surface area contributed by atoms with Crippen LogP contribution in [0.2, 0.25) is 0 Å². The number of fused-ring (bicyclic) bond motifs is 2. The minimum atomic E-state index is -1.67. The third-order valence-electron chi connectivity index (χ3n) is 7.28. The first-order valence-electron chi connectivity index (χ1n) is 12.7. The number of carbonyl (C=O) groups is 2. The van der Waals surface area contributed by atoms with Crippen molar-refractivity contribution in [3.05, 3.63) is 95.1 Å². The van der Waals surface area contributed by atoms with Crippen molar-refractivity contribution in [3.8, 4) is 0 Å². The lowest BCUT2D eigenvalue weighted by Crippen LogP contribution is -2.44. The van der Waals surface area contributed by atoms with Crippen LogP contribution in [0.15, 0.2) is 72.8 Å². The molecule has 8 nitrogen and oxygen atoms in total. The molecule has 0 saturated heterocycles. The summed E-state index contributed by atoms with van der Waals surface area (Å²) in [5.41, 5.74) is 2.00. The summed E-state index contributed by atoms with van der Waals surface area (Å²) in [4.78, 5) is 34.9. The maximum atomic E-state index is 13.4. The molecule has 3 N–H and O–H groups in total.